The third kappa shape index (κ3) is 3.74. The van der Waals surface area contributed by atoms with Gasteiger partial charge in [-0.05, 0) is 24.1 Å². The van der Waals surface area contributed by atoms with E-state index in [1.807, 2.05) is 36.4 Å². The molecule has 120 valence electrons. The Morgan fingerprint density at radius 1 is 1.13 bits per heavy atom. The van der Waals surface area contributed by atoms with Crippen molar-refractivity contribution < 1.29 is 14.3 Å². The van der Waals surface area contributed by atoms with Crippen LogP contribution in [0.5, 0.6) is 11.5 Å². The van der Waals surface area contributed by atoms with E-state index in [1.165, 1.54) is 0 Å². The predicted molar refractivity (Wildman–Crippen MR) is 88.7 cm³/mol. The highest BCUT2D eigenvalue weighted by molar-refractivity contribution is 5.89. The minimum atomic E-state index is -0.116. The highest BCUT2D eigenvalue weighted by atomic mass is 16.7. The molecule has 0 aromatic heterocycles. The molecule has 23 heavy (non-hydrogen) atoms. The number of carbonyl (C=O) groups is 1. The molecule has 0 spiro atoms. The SMILES string of the molecule is CCCN(Cc1ccccc1)C(=O)Nc1ccc2c(c1)OCO2. The van der Waals surface area contributed by atoms with Gasteiger partial charge >= 0.3 is 6.03 Å². The van der Waals surface area contributed by atoms with Crippen LogP contribution in [0.4, 0.5) is 10.5 Å². The van der Waals surface area contributed by atoms with E-state index in [4.69, 9.17) is 9.47 Å². The number of hydrogen-bond donors (Lipinski definition) is 1. The summed E-state index contributed by atoms with van der Waals surface area (Å²) in [6, 6.07) is 15.3. The minimum absolute atomic E-state index is 0.116. The number of benzene rings is 2. The van der Waals surface area contributed by atoms with Crippen molar-refractivity contribution in [3.63, 3.8) is 0 Å². The van der Waals surface area contributed by atoms with Gasteiger partial charge in [0.15, 0.2) is 11.5 Å². The summed E-state index contributed by atoms with van der Waals surface area (Å²) >= 11 is 0. The third-order valence-corrected chi connectivity index (χ3v) is 3.62. The molecule has 2 aromatic carbocycles. The second-order valence-electron chi connectivity index (χ2n) is 5.41. The highest BCUT2D eigenvalue weighted by Crippen LogP contribution is 2.34. The van der Waals surface area contributed by atoms with E-state index in [1.54, 1.807) is 17.0 Å². The molecule has 0 atom stereocenters. The van der Waals surface area contributed by atoms with E-state index in [2.05, 4.69) is 12.2 Å². The Hall–Kier alpha value is -2.69. The van der Waals surface area contributed by atoms with E-state index in [9.17, 15) is 4.79 Å². The molecule has 1 heterocycles. The summed E-state index contributed by atoms with van der Waals surface area (Å²) in [7, 11) is 0. The van der Waals surface area contributed by atoms with Crippen LogP contribution in [0.3, 0.4) is 0 Å². The Kier molecular flexibility index (Phi) is 4.66. The largest absolute Gasteiger partial charge is 0.454 e. The number of nitrogens with one attached hydrogen (secondary N) is 1. The average molecular weight is 312 g/mol. The van der Waals surface area contributed by atoms with Crippen LogP contribution in [0.25, 0.3) is 0 Å². The first-order valence-corrected chi connectivity index (χ1v) is 7.76. The number of anilines is 1. The molecule has 0 saturated carbocycles. The van der Waals surface area contributed by atoms with Gasteiger partial charge in [0, 0.05) is 24.8 Å². The lowest BCUT2D eigenvalue weighted by Crippen LogP contribution is -2.35. The second kappa shape index (κ2) is 7.05. The van der Waals surface area contributed by atoms with Crippen LogP contribution in [0.15, 0.2) is 48.5 Å². The lowest BCUT2D eigenvalue weighted by molar-refractivity contribution is 0.174. The Bertz CT molecular complexity index is 673. The maximum atomic E-state index is 12.5. The van der Waals surface area contributed by atoms with E-state index in [0.29, 0.717) is 30.3 Å². The fourth-order valence-electron chi connectivity index (χ4n) is 2.50. The number of ether oxygens (including phenoxy) is 2. The number of fused-ring (bicyclic) bond motifs is 1. The number of urea groups is 1. The summed E-state index contributed by atoms with van der Waals surface area (Å²) in [4.78, 5) is 14.4. The van der Waals surface area contributed by atoms with Gasteiger partial charge < -0.3 is 19.7 Å². The topological polar surface area (TPSA) is 50.8 Å². The van der Waals surface area contributed by atoms with Crippen LogP contribution < -0.4 is 14.8 Å². The van der Waals surface area contributed by atoms with Gasteiger partial charge in [-0.25, -0.2) is 4.79 Å². The number of amides is 2. The standard InChI is InChI=1S/C18H20N2O3/c1-2-10-20(12-14-6-4-3-5-7-14)18(21)19-15-8-9-16-17(11-15)23-13-22-16/h3-9,11H,2,10,12-13H2,1H3,(H,19,21). The van der Waals surface area contributed by atoms with Gasteiger partial charge in [-0.2, -0.15) is 0 Å². The zero-order valence-electron chi connectivity index (χ0n) is 13.1. The summed E-state index contributed by atoms with van der Waals surface area (Å²) in [5.74, 6) is 1.37. The molecule has 0 saturated heterocycles. The highest BCUT2D eigenvalue weighted by Gasteiger charge is 2.17. The molecule has 1 aliphatic heterocycles. The first-order valence-electron chi connectivity index (χ1n) is 7.76. The molecular weight excluding hydrogens is 292 g/mol. The number of carbonyl (C=O) groups excluding carboxylic acids is 1. The minimum Gasteiger partial charge on any atom is -0.454 e. The molecule has 0 aliphatic carbocycles. The van der Waals surface area contributed by atoms with E-state index in [0.717, 1.165) is 12.0 Å². The fourth-order valence-corrected chi connectivity index (χ4v) is 2.50. The summed E-state index contributed by atoms with van der Waals surface area (Å²) in [6.07, 6.45) is 0.904. The van der Waals surface area contributed by atoms with Crippen LogP contribution in [0.2, 0.25) is 0 Å². The molecule has 5 nitrogen and oxygen atoms in total. The molecule has 0 fully saturated rings. The normalized spacial score (nSPS) is 12.0. The maximum absolute atomic E-state index is 12.5. The molecule has 0 radical (unpaired) electrons. The van der Waals surface area contributed by atoms with Crippen LogP contribution in [-0.2, 0) is 6.54 Å². The summed E-state index contributed by atoms with van der Waals surface area (Å²) in [5, 5.41) is 2.93. The van der Waals surface area contributed by atoms with Crippen molar-refractivity contribution >= 4 is 11.7 Å². The molecule has 1 N–H and O–H groups in total. The average Bonchev–Trinajstić information content (AvgIpc) is 3.03. The Labute approximate surface area is 135 Å². The van der Waals surface area contributed by atoms with E-state index >= 15 is 0 Å². The van der Waals surface area contributed by atoms with E-state index in [-0.39, 0.29) is 12.8 Å². The molecule has 5 heteroatoms. The van der Waals surface area contributed by atoms with Crippen molar-refractivity contribution in [2.24, 2.45) is 0 Å². The summed E-state index contributed by atoms with van der Waals surface area (Å²) in [5.41, 5.74) is 1.82. The molecule has 1 aliphatic rings. The van der Waals surface area contributed by atoms with Crippen molar-refractivity contribution in [1.29, 1.82) is 0 Å². The zero-order chi connectivity index (χ0) is 16.1. The molecule has 2 amide bonds. The van der Waals surface area contributed by atoms with Crippen molar-refractivity contribution in [2.75, 3.05) is 18.7 Å². The third-order valence-electron chi connectivity index (χ3n) is 3.62. The van der Waals surface area contributed by atoms with Crippen molar-refractivity contribution in [3.05, 3.63) is 54.1 Å². The van der Waals surface area contributed by atoms with Crippen molar-refractivity contribution in [2.45, 2.75) is 19.9 Å². The zero-order valence-corrected chi connectivity index (χ0v) is 13.1. The Morgan fingerprint density at radius 3 is 2.70 bits per heavy atom. The monoisotopic (exact) mass is 312 g/mol. The van der Waals surface area contributed by atoms with Crippen LogP contribution >= 0.6 is 0 Å². The number of nitrogens with zero attached hydrogens (tertiary/aromatic N) is 1. The van der Waals surface area contributed by atoms with Crippen LogP contribution in [0, 0.1) is 0 Å². The van der Waals surface area contributed by atoms with Crippen molar-refractivity contribution in [3.8, 4) is 11.5 Å². The van der Waals surface area contributed by atoms with Gasteiger partial charge in [-0.1, -0.05) is 37.3 Å². The van der Waals surface area contributed by atoms with E-state index < -0.39 is 0 Å². The number of rotatable bonds is 5. The molecule has 3 rings (SSSR count). The first kappa shape index (κ1) is 15.2. The predicted octanol–water partition coefficient (Wildman–Crippen LogP) is 3.86. The maximum Gasteiger partial charge on any atom is 0.322 e. The summed E-state index contributed by atoms with van der Waals surface area (Å²) < 4.78 is 10.6. The van der Waals surface area contributed by atoms with Crippen LogP contribution in [0.1, 0.15) is 18.9 Å². The molecular formula is C18H20N2O3. The molecule has 0 bridgehead atoms. The van der Waals surface area contributed by atoms with Gasteiger partial charge in [0.05, 0.1) is 0 Å². The Morgan fingerprint density at radius 2 is 1.91 bits per heavy atom. The van der Waals surface area contributed by atoms with Gasteiger partial charge in [0.1, 0.15) is 0 Å². The van der Waals surface area contributed by atoms with Gasteiger partial charge in [0.2, 0.25) is 6.79 Å². The smallest absolute Gasteiger partial charge is 0.322 e. The second-order valence-corrected chi connectivity index (χ2v) is 5.41. The quantitative estimate of drug-likeness (QED) is 0.912. The number of hydrogen-bond acceptors (Lipinski definition) is 3. The van der Waals surface area contributed by atoms with Gasteiger partial charge in [-0.15, -0.1) is 0 Å². The Balaban J connectivity index is 1.68. The lowest BCUT2D eigenvalue weighted by Gasteiger charge is -2.22. The first-order chi connectivity index (χ1) is 11.3. The van der Waals surface area contributed by atoms with Gasteiger partial charge in [0.25, 0.3) is 0 Å². The molecule has 2 aromatic rings. The molecule has 0 unspecified atom stereocenters. The van der Waals surface area contributed by atoms with Gasteiger partial charge in [-0.3, -0.25) is 0 Å². The lowest BCUT2D eigenvalue weighted by atomic mass is 10.2. The van der Waals surface area contributed by atoms with Crippen LogP contribution in [-0.4, -0.2) is 24.3 Å². The van der Waals surface area contributed by atoms with Crippen molar-refractivity contribution in [1.82, 2.24) is 4.90 Å². The summed E-state index contributed by atoms with van der Waals surface area (Å²) in [6.45, 7) is 3.57. The fraction of sp³-hybridized carbons (Fsp3) is 0.278.